The van der Waals surface area contributed by atoms with Gasteiger partial charge in [0.05, 0.1) is 0 Å². The van der Waals surface area contributed by atoms with E-state index in [1.165, 1.54) is 0 Å². The average molecular weight is 156 g/mol. The SMILES string of the molecule is CNCC1(C)CCNC(=O)C1. The van der Waals surface area contributed by atoms with Crippen LogP contribution in [0.4, 0.5) is 0 Å². The lowest BCUT2D eigenvalue weighted by atomic mass is 9.81. The summed E-state index contributed by atoms with van der Waals surface area (Å²) < 4.78 is 0. The van der Waals surface area contributed by atoms with Crippen molar-refractivity contribution < 1.29 is 4.79 Å². The van der Waals surface area contributed by atoms with E-state index in [-0.39, 0.29) is 11.3 Å². The Kier molecular flexibility index (Phi) is 2.49. The number of nitrogens with one attached hydrogen (secondary N) is 2. The molecule has 3 heteroatoms. The molecule has 1 saturated heterocycles. The fraction of sp³-hybridized carbons (Fsp3) is 0.875. The van der Waals surface area contributed by atoms with Crippen LogP contribution < -0.4 is 10.6 Å². The predicted octanol–water partition coefficient (Wildman–Crippen LogP) is 0.122. The van der Waals surface area contributed by atoms with E-state index in [4.69, 9.17) is 0 Å². The van der Waals surface area contributed by atoms with Crippen LogP contribution in [-0.4, -0.2) is 26.0 Å². The maximum atomic E-state index is 11.0. The molecule has 0 aromatic carbocycles. The number of amides is 1. The van der Waals surface area contributed by atoms with Crippen molar-refractivity contribution in [2.24, 2.45) is 5.41 Å². The molecule has 1 amide bonds. The second-order valence-electron chi connectivity index (χ2n) is 3.62. The van der Waals surface area contributed by atoms with Crippen LogP contribution in [0.2, 0.25) is 0 Å². The van der Waals surface area contributed by atoms with Gasteiger partial charge in [-0.1, -0.05) is 6.92 Å². The molecule has 0 aromatic heterocycles. The molecular formula is C8H16N2O. The van der Waals surface area contributed by atoms with E-state index in [0.29, 0.717) is 6.42 Å². The maximum Gasteiger partial charge on any atom is 0.220 e. The molecule has 64 valence electrons. The normalized spacial score (nSPS) is 31.6. The van der Waals surface area contributed by atoms with Crippen LogP contribution >= 0.6 is 0 Å². The molecule has 1 heterocycles. The molecular weight excluding hydrogens is 140 g/mol. The van der Waals surface area contributed by atoms with Crippen LogP contribution in [0, 0.1) is 5.41 Å². The predicted molar refractivity (Wildman–Crippen MR) is 44.3 cm³/mol. The highest BCUT2D eigenvalue weighted by Gasteiger charge is 2.29. The summed E-state index contributed by atoms with van der Waals surface area (Å²) in [5.41, 5.74) is 0.178. The Morgan fingerprint density at radius 1 is 1.73 bits per heavy atom. The molecule has 0 bridgehead atoms. The smallest absolute Gasteiger partial charge is 0.220 e. The summed E-state index contributed by atoms with van der Waals surface area (Å²) in [6.07, 6.45) is 1.74. The number of rotatable bonds is 2. The molecule has 1 aliphatic rings. The molecule has 1 fully saturated rings. The molecule has 0 aromatic rings. The van der Waals surface area contributed by atoms with Crippen molar-refractivity contribution in [3.63, 3.8) is 0 Å². The average Bonchev–Trinajstić information content (AvgIpc) is 1.86. The topological polar surface area (TPSA) is 41.1 Å². The lowest BCUT2D eigenvalue weighted by Crippen LogP contribution is -2.43. The third kappa shape index (κ3) is 2.19. The summed E-state index contributed by atoms with van der Waals surface area (Å²) in [6, 6.07) is 0. The molecule has 1 rings (SSSR count). The van der Waals surface area contributed by atoms with Crippen LogP contribution in [0.3, 0.4) is 0 Å². The van der Waals surface area contributed by atoms with Crippen molar-refractivity contribution in [2.45, 2.75) is 19.8 Å². The van der Waals surface area contributed by atoms with Gasteiger partial charge in [0.15, 0.2) is 0 Å². The van der Waals surface area contributed by atoms with E-state index in [2.05, 4.69) is 17.6 Å². The Balaban J connectivity index is 2.48. The first-order valence-electron chi connectivity index (χ1n) is 4.08. The number of piperidine rings is 1. The summed E-state index contributed by atoms with van der Waals surface area (Å²) in [6.45, 7) is 3.92. The van der Waals surface area contributed by atoms with Gasteiger partial charge in [0.25, 0.3) is 0 Å². The molecule has 0 spiro atoms. The highest BCUT2D eigenvalue weighted by atomic mass is 16.1. The molecule has 2 N–H and O–H groups in total. The Morgan fingerprint density at radius 2 is 2.45 bits per heavy atom. The van der Waals surface area contributed by atoms with E-state index < -0.39 is 0 Å². The van der Waals surface area contributed by atoms with E-state index in [9.17, 15) is 4.79 Å². The fourth-order valence-electron chi connectivity index (χ4n) is 1.62. The Hall–Kier alpha value is -0.570. The van der Waals surface area contributed by atoms with Gasteiger partial charge < -0.3 is 10.6 Å². The first kappa shape index (κ1) is 8.53. The molecule has 0 radical (unpaired) electrons. The van der Waals surface area contributed by atoms with Crippen molar-refractivity contribution in [2.75, 3.05) is 20.1 Å². The van der Waals surface area contributed by atoms with Gasteiger partial charge in [-0.15, -0.1) is 0 Å². The molecule has 1 atom stereocenters. The summed E-state index contributed by atoms with van der Waals surface area (Å²) >= 11 is 0. The first-order chi connectivity index (χ1) is 5.16. The van der Waals surface area contributed by atoms with E-state index in [0.717, 1.165) is 19.5 Å². The van der Waals surface area contributed by atoms with E-state index in [1.807, 2.05) is 7.05 Å². The van der Waals surface area contributed by atoms with Gasteiger partial charge in [-0.05, 0) is 18.9 Å². The Bertz CT molecular complexity index is 154. The van der Waals surface area contributed by atoms with E-state index in [1.54, 1.807) is 0 Å². The van der Waals surface area contributed by atoms with Crippen molar-refractivity contribution in [3.8, 4) is 0 Å². The van der Waals surface area contributed by atoms with E-state index >= 15 is 0 Å². The monoisotopic (exact) mass is 156 g/mol. The van der Waals surface area contributed by atoms with Crippen LogP contribution in [0.1, 0.15) is 19.8 Å². The third-order valence-corrected chi connectivity index (χ3v) is 2.24. The van der Waals surface area contributed by atoms with Crippen molar-refractivity contribution >= 4 is 5.91 Å². The summed E-state index contributed by atoms with van der Waals surface area (Å²) in [5.74, 6) is 0.189. The van der Waals surface area contributed by atoms with Gasteiger partial charge in [-0.2, -0.15) is 0 Å². The Morgan fingerprint density at radius 3 is 3.00 bits per heavy atom. The van der Waals surface area contributed by atoms with Crippen LogP contribution in [0.15, 0.2) is 0 Å². The van der Waals surface area contributed by atoms with Gasteiger partial charge in [0.2, 0.25) is 5.91 Å². The quantitative estimate of drug-likeness (QED) is 0.596. The van der Waals surface area contributed by atoms with Gasteiger partial charge in [-0.25, -0.2) is 0 Å². The summed E-state index contributed by atoms with van der Waals surface area (Å²) in [5, 5.41) is 5.95. The van der Waals surface area contributed by atoms with Gasteiger partial charge in [-0.3, -0.25) is 4.79 Å². The van der Waals surface area contributed by atoms with Crippen LogP contribution in [-0.2, 0) is 4.79 Å². The second-order valence-corrected chi connectivity index (χ2v) is 3.62. The van der Waals surface area contributed by atoms with Gasteiger partial charge >= 0.3 is 0 Å². The van der Waals surface area contributed by atoms with Crippen molar-refractivity contribution in [1.82, 2.24) is 10.6 Å². The zero-order chi connectivity index (χ0) is 8.32. The minimum atomic E-state index is 0.178. The molecule has 0 saturated carbocycles. The highest BCUT2D eigenvalue weighted by molar-refractivity contribution is 5.77. The fourth-order valence-corrected chi connectivity index (χ4v) is 1.62. The Labute approximate surface area is 67.5 Å². The number of carbonyl (C=O) groups is 1. The van der Waals surface area contributed by atoms with Gasteiger partial charge in [0.1, 0.15) is 0 Å². The molecule has 0 aliphatic carbocycles. The van der Waals surface area contributed by atoms with Crippen molar-refractivity contribution in [3.05, 3.63) is 0 Å². The number of carbonyl (C=O) groups excluding carboxylic acids is 1. The molecule has 1 aliphatic heterocycles. The van der Waals surface area contributed by atoms with Crippen LogP contribution in [0.25, 0.3) is 0 Å². The molecule has 1 unspecified atom stereocenters. The first-order valence-corrected chi connectivity index (χ1v) is 4.08. The molecule has 11 heavy (non-hydrogen) atoms. The standard InChI is InChI=1S/C8H16N2O/c1-8(6-9-2)3-4-10-7(11)5-8/h9H,3-6H2,1-2H3,(H,10,11). The third-order valence-electron chi connectivity index (χ3n) is 2.24. The number of hydrogen-bond donors (Lipinski definition) is 2. The van der Waals surface area contributed by atoms with Crippen molar-refractivity contribution in [1.29, 1.82) is 0 Å². The van der Waals surface area contributed by atoms with Crippen LogP contribution in [0.5, 0.6) is 0 Å². The summed E-state index contributed by atoms with van der Waals surface area (Å²) in [7, 11) is 1.93. The number of hydrogen-bond acceptors (Lipinski definition) is 2. The molecule has 3 nitrogen and oxygen atoms in total. The van der Waals surface area contributed by atoms with Gasteiger partial charge in [0, 0.05) is 19.5 Å². The minimum absolute atomic E-state index is 0.178. The lowest BCUT2D eigenvalue weighted by molar-refractivity contribution is -0.125. The highest BCUT2D eigenvalue weighted by Crippen LogP contribution is 2.26. The zero-order valence-corrected chi connectivity index (χ0v) is 7.24. The largest absolute Gasteiger partial charge is 0.356 e. The second kappa shape index (κ2) is 3.22. The maximum absolute atomic E-state index is 11.0. The lowest BCUT2D eigenvalue weighted by Gasteiger charge is -2.32. The minimum Gasteiger partial charge on any atom is -0.356 e. The summed E-state index contributed by atoms with van der Waals surface area (Å²) in [4.78, 5) is 11.0. The zero-order valence-electron chi connectivity index (χ0n) is 7.24.